The molecule has 0 saturated carbocycles. The minimum atomic E-state index is -0.255. The first-order valence-electron chi connectivity index (χ1n) is 9.66. The summed E-state index contributed by atoms with van der Waals surface area (Å²) in [6, 6.07) is 14.4. The second kappa shape index (κ2) is 8.19. The van der Waals surface area contributed by atoms with Gasteiger partial charge in [0.1, 0.15) is 5.76 Å². The molecule has 4 aromatic rings. The highest BCUT2D eigenvalue weighted by Crippen LogP contribution is 2.27. The van der Waals surface area contributed by atoms with Crippen LogP contribution in [0.15, 0.2) is 76.8 Å². The van der Waals surface area contributed by atoms with E-state index < -0.39 is 0 Å². The zero-order valence-corrected chi connectivity index (χ0v) is 17.2. The molecule has 1 aromatic carbocycles. The lowest BCUT2D eigenvalue weighted by molar-refractivity contribution is 0.0664. The zero-order valence-electron chi connectivity index (χ0n) is 16.3. The Morgan fingerprint density at radius 2 is 1.74 bits per heavy atom. The SMILES string of the molecule is O=C1c2ccccc2C(=O)N1CCSc1nnc(-c2cccnc2)n1Cc1ccco1. The number of aromatic nitrogens is 4. The van der Waals surface area contributed by atoms with Crippen LogP contribution < -0.4 is 0 Å². The van der Waals surface area contributed by atoms with Gasteiger partial charge in [0.25, 0.3) is 11.8 Å². The number of nitrogens with zero attached hydrogens (tertiary/aromatic N) is 5. The summed E-state index contributed by atoms with van der Waals surface area (Å²) < 4.78 is 7.45. The fourth-order valence-corrected chi connectivity index (χ4v) is 4.34. The number of hydrogen-bond acceptors (Lipinski definition) is 7. The van der Waals surface area contributed by atoms with Gasteiger partial charge in [-0.15, -0.1) is 10.2 Å². The van der Waals surface area contributed by atoms with Crippen LogP contribution in [0.2, 0.25) is 0 Å². The number of benzene rings is 1. The molecule has 0 atom stereocenters. The van der Waals surface area contributed by atoms with Gasteiger partial charge in [0.15, 0.2) is 11.0 Å². The highest BCUT2D eigenvalue weighted by molar-refractivity contribution is 7.99. The summed E-state index contributed by atoms with van der Waals surface area (Å²) >= 11 is 1.44. The quantitative estimate of drug-likeness (QED) is 0.327. The maximum atomic E-state index is 12.6. The van der Waals surface area contributed by atoms with E-state index in [0.29, 0.717) is 34.4 Å². The summed E-state index contributed by atoms with van der Waals surface area (Å²) in [7, 11) is 0. The molecule has 0 aliphatic carbocycles. The van der Waals surface area contributed by atoms with Gasteiger partial charge in [0.2, 0.25) is 0 Å². The number of fused-ring (bicyclic) bond motifs is 1. The van der Waals surface area contributed by atoms with Crippen molar-refractivity contribution < 1.29 is 14.0 Å². The van der Waals surface area contributed by atoms with Gasteiger partial charge in [-0.1, -0.05) is 23.9 Å². The van der Waals surface area contributed by atoms with Crippen LogP contribution in [0.5, 0.6) is 0 Å². The first-order chi connectivity index (χ1) is 15.2. The van der Waals surface area contributed by atoms with Gasteiger partial charge in [-0.2, -0.15) is 0 Å². The Morgan fingerprint density at radius 1 is 0.935 bits per heavy atom. The van der Waals surface area contributed by atoms with E-state index in [9.17, 15) is 9.59 Å². The molecule has 0 N–H and O–H groups in total. The number of thioether (sulfide) groups is 1. The molecule has 0 bridgehead atoms. The van der Waals surface area contributed by atoms with Gasteiger partial charge >= 0.3 is 0 Å². The summed E-state index contributed by atoms with van der Waals surface area (Å²) in [6.45, 7) is 0.742. The number of amides is 2. The number of furan rings is 1. The molecule has 2 amide bonds. The molecule has 0 unspecified atom stereocenters. The second-order valence-electron chi connectivity index (χ2n) is 6.87. The third kappa shape index (κ3) is 3.64. The van der Waals surface area contributed by atoms with Gasteiger partial charge in [-0.05, 0) is 36.4 Å². The predicted molar refractivity (Wildman–Crippen MR) is 114 cm³/mol. The lowest BCUT2D eigenvalue weighted by atomic mass is 10.1. The van der Waals surface area contributed by atoms with Crippen LogP contribution in [0.3, 0.4) is 0 Å². The van der Waals surface area contributed by atoms with Gasteiger partial charge in [-0.3, -0.25) is 24.0 Å². The smallest absolute Gasteiger partial charge is 0.261 e. The lowest BCUT2D eigenvalue weighted by Gasteiger charge is -2.13. The van der Waals surface area contributed by atoms with Gasteiger partial charge in [-0.25, -0.2) is 0 Å². The van der Waals surface area contributed by atoms with Crippen LogP contribution in [0.25, 0.3) is 11.4 Å². The van der Waals surface area contributed by atoms with E-state index in [0.717, 1.165) is 11.3 Å². The number of pyridine rings is 1. The average Bonchev–Trinajstić information content (AvgIpc) is 3.52. The van der Waals surface area contributed by atoms with Crippen molar-refractivity contribution >= 4 is 23.6 Å². The van der Waals surface area contributed by atoms with Crippen LogP contribution >= 0.6 is 11.8 Å². The molecule has 0 fully saturated rings. The molecule has 1 aliphatic rings. The van der Waals surface area contributed by atoms with E-state index in [1.807, 2.05) is 28.8 Å². The zero-order chi connectivity index (χ0) is 21.2. The minimum absolute atomic E-state index is 0.255. The van der Waals surface area contributed by atoms with E-state index in [1.54, 1.807) is 42.9 Å². The van der Waals surface area contributed by atoms with Gasteiger partial charge in [0.05, 0.1) is 23.9 Å². The number of carbonyl (C=O) groups excluding carboxylic acids is 2. The normalized spacial score (nSPS) is 13.1. The summed E-state index contributed by atoms with van der Waals surface area (Å²) in [4.78, 5) is 30.6. The largest absolute Gasteiger partial charge is 0.467 e. The summed E-state index contributed by atoms with van der Waals surface area (Å²) in [5, 5.41) is 9.35. The van der Waals surface area contributed by atoms with Crippen LogP contribution in [-0.2, 0) is 6.54 Å². The Balaban J connectivity index is 1.34. The number of carbonyl (C=O) groups is 2. The molecule has 9 heteroatoms. The molecular formula is C22H17N5O3S. The van der Waals surface area contributed by atoms with Gasteiger partial charge in [0, 0.05) is 30.3 Å². The van der Waals surface area contributed by atoms with Crippen molar-refractivity contribution in [2.24, 2.45) is 0 Å². The molecule has 0 saturated heterocycles. The number of rotatable bonds is 7. The van der Waals surface area contributed by atoms with Crippen molar-refractivity contribution in [3.8, 4) is 11.4 Å². The van der Waals surface area contributed by atoms with Crippen LogP contribution in [0.4, 0.5) is 0 Å². The summed E-state index contributed by atoms with van der Waals surface area (Å²) in [6.07, 6.45) is 5.06. The van der Waals surface area contributed by atoms with Crippen molar-refractivity contribution in [1.29, 1.82) is 0 Å². The minimum Gasteiger partial charge on any atom is -0.467 e. The summed E-state index contributed by atoms with van der Waals surface area (Å²) in [5.41, 5.74) is 1.75. The van der Waals surface area contributed by atoms with Crippen LogP contribution in [0, 0.1) is 0 Å². The first kappa shape index (κ1) is 19.3. The molecule has 8 nitrogen and oxygen atoms in total. The van der Waals surface area contributed by atoms with Gasteiger partial charge < -0.3 is 4.42 Å². The summed E-state index contributed by atoms with van der Waals surface area (Å²) in [5.74, 6) is 1.43. The van der Waals surface area contributed by atoms with Crippen molar-refractivity contribution in [3.05, 3.63) is 84.1 Å². The van der Waals surface area contributed by atoms with Crippen molar-refractivity contribution in [2.45, 2.75) is 11.7 Å². The van der Waals surface area contributed by atoms with E-state index >= 15 is 0 Å². The molecule has 1 aliphatic heterocycles. The van der Waals surface area contributed by atoms with Crippen LogP contribution in [0.1, 0.15) is 26.5 Å². The highest BCUT2D eigenvalue weighted by Gasteiger charge is 2.34. The standard InChI is InChI=1S/C22H17N5O3S/c28-20-17-7-1-2-8-18(17)21(29)26(20)10-12-31-22-25-24-19(15-5-3-9-23-13-15)27(22)14-16-6-4-11-30-16/h1-9,11,13H,10,12,14H2. The molecule has 5 rings (SSSR count). The van der Waals surface area contributed by atoms with Crippen molar-refractivity contribution in [1.82, 2.24) is 24.6 Å². The predicted octanol–water partition coefficient (Wildman–Crippen LogP) is 3.37. The van der Waals surface area contributed by atoms with Crippen molar-refractivity contribution in [2.75, 3.05) is 12.3 Å². The Kier molecular flexibility index (Phi) is 5.09. The van der Waals surface area contributed by atoms with Crippen LogP contribution in [-0.4, -0.2) is 48.8 Å². The van der Waals surface area contributed by atoms with E-state index in [4.69, 9.17) is 4.42 Å². The maximum Gasteiger partial charge on any atom is 0.261 e. The molecule has 0 radical (unpaired) electrons. The van der Waals surface area contributed by atoms with E-state index in [1.165, 1.54) is 16.7 Å². The van der Waals surface area contributed by atoms with Crippen molar-refractivity contribution in [3.63, 3.8) is 0 Å². The highest BCUT2D eigenvalue weighted by atomic mass is 32.2. The Hall–Kier alpha value is -3.72. The first-order valence-corrected chi connectivity index (χ1v) is 10.6. The molecule has 154 valence electrons. The van der Waals surface area contributed by atoms with E-state index in [-0.39, 0.29) is 18.4 Å². The maximum absolute atomic E-state index is 12.6. The number of hydrogen-bond donors (Lipinski definition) is 0. The second-order valence-corrected chi connectivity index (χ2v) is 7.93. The average molecular weight is 431 g/mol. The molecule has 3 aromatic heterocycles. The number of imide groups is 1. The topological polar surface area (TPSA) is 94.1 Å². The molecule has 31 heavy (non-hydrogen) atoms. The van der Waals surface area contributed by atoms with E-state index in [2.05, 4.69) is 15.2 Å². The molecular weight excluding hydrogens is 414 g/mol. The Morgan fingerprint density at radius 3 is 2.42 bits per heavy atom. The Bertz CT molecular complexity index is 1200. The Labute approximate surface area is 181 Å². The molecule has 0 spiro atoms. The lowest BCUT2D eigenvalue weighted by Crippen LogP contribution is -2.31. The fourth-order valence-electron chi connectivity index (χ4n) is 3.48. The third-order valence-corrected chi connectivity index (χ3v) is 5.90. The monoisotopic (exact) mass is 431 g/mol. The molecule has 4 heterocycles. The fraction of sp³-hybridized carbons (Fsp3) is 0.136. The third-order valence-electron chi connectivity index (χ3n) is 4.95.